The summed E-state index contributed by atoms with van der Waals surface area (Å²) in [5.41, 5.74) is 5.81. The summed E-state index contributed by atoms with van der Waals surface area (Å²) >= 11 is 14.2. The van der Waals surface area contributed by atoms with Crippen molar-refractivity contribution >= 4 is 73.5 Å². The van der Waals surface area contributed by atoms with Crippen molar-refractivity contribution < 1.29 is 28.5 Å². The lowest BCUT2D eigenvalue weighted by molar-refractivity contribution is -0.146. The Balaban J connectivity index is 2.12. The van der Waals surface area contributed by atoms with Crippen molar-refractivity contribution in [3.8, 4) is 22.6 Å². The highest BCUT2D eigenvalue weighted by Gasteiger charge is 2.28. The number of carbonyl (C=O) groups excluding carboxylic acids is 2. The second-order valence-corrected chi connectivity index (χ2v) is 22.2. The SMILES string of the molecule is CCOC(=O)COc1c(Cl)ccc(Pc2cc(C(C)(C)C)cc(C(C)(C)C)c2)c1-c1c(Pc2cc(C(C)(C)C)cc(C(C)(C)C)c2)ccc(Cl)c1OCC(=O)OCC. The Morgan fingerprint density at radius 1 is 0.500 bits per heavy atom. The molecule has 0 N–H and O–H groups in total. The predicted molar refractivity (Wildman–Crippen MR) is 249 cm³/mol. The Hall–Kier alpha value is -3.14. The van der Waals surface area contributed by atoms with Crippen molar-refractivity contribution in [1.29, 1.82) is 0 Å². The second-order valence-electron chi connectivity index (χ2n) is 18.6. The van der Waals surface area contributed by atoms with Gasteiger partial charge in [-0.3, -0.25) is 0 Å². The molecule has 0 spiro atoms. The van der Waals surface area contributed by atoms with Gasteiger partial charge in [0.2, 0.25) is 0 Å². The molecule has 4 rings (SSSR count). The minimum atomic E-state index is -0.522. The van der Waals surface area contributed by atoms with Crippen LogP contribution in [-0.2, 0) is 40.7 Å². The summed E-state index contributed by atoms with van der Waals surface area (Å²) in [6, 6.07) is 21.3. The summed E-state index contributed by atoms with van der Waals surface area (Å²) in [5.74, 6) is -0.441. The molecule has 58 heavy (non-hydrogen) atoms. The van der Waals surface area contributed by atoms with Gasteiger partial charge in [0.15, 0.2) is 13.2 Å². The fraction of sp³-hybridized carbons (Fsp3) is 0.458. The summed E-state index contributed by atoms with van der Waals surface area (Å²) in [7, 11) is 0.275. The molecule has 0 heterocycles. The fourth-order valence-electron chi connectivity index (χ4n) is 6.21. The maximum absolute atomic E-state index is 12.8. The van der Waals surface area contributed by atoms with Crippen LogP contribution < -0.4 is 30.7 Å². The first-order chi connectivity index (χ1) is 26.8. The van der Waals surface area contributed by atoms with E-state index < -0.39 is 11.9 Å². The quantitative estimate of drug-likeness (QED) is 0.0985. The molecule has 0 radical (unpaired) electrons. The lowest BCUT2D eigenvalue weighted by Gasteiger charge is -2.27. The summed E-state index contributed by atoms with van der Waals surface area (Å²) in [4.78, 5) is 25.6. The van der Waals surface area contributed by atoms with Gasteiger partial charge in [0.05, 0.1) is 23.3 Å². The maximum atomic E-state index is 12.8. The van der Waals surface area contributed by atoms with Crippen LogP contribution in [0.25, 0.3) is 11.1 Å². The third-order valence-corrected chi connectivity index (χ3v) is 12.8. The van der Waals surface area contributed by atoms with E-state index in [2.05, 4.69) is 119 Å². The van der Waals surface area contributed by atoms with Crippen LogP contribution in [-0.4, -0.2) is 38.4 Å². The van der Waals surface area contributed by atoms with Gasteiger partial charge >= 0.3 is 11.9 Å². The van der Waals surface area contributed by atoms with Crippen molar-refractivity contribution in [2.24, 2.45) is 0 Å². The van der Waals surface area contributed by atoms with Crippen molar-refractivity contribution in [2.45, 2.75) is 119 Å². The molecule has 314 valence electrons. The van der Waals surface area contributed by atoms with Gasteiger partial charge in [-0.1, -0.05) is 172 Å². The van der Waals surface area contributed by atoms with Gasteiger partial charge < -0.3 is 18.9 Å². The average Bonchev–Trinajstić information content (AvgIpc) is 3.10. The zero-order valence-corrected chi connectivity index (χ0v) is 40.3. The van der Waals surface area contributed by atoms with E-state index >= 15 is 0 Å². The highest BCUT2D eigenvalue weighted by Crippen LogP contribution is 2.46. The number of rotatable bonds is 13. The van der Waals surface area contributed by atoms with E-state index in [0.717, 1.165) is 21.2 Å². The standard InChI is InChI=1S/C48H62Cl2O6P2/c1-15-53-39(51)27-55-43-35(49)17-19-37(57-33-23-29(45(3,4)5)21-30(24-33)46(6,7)8)41(43)42-38(20-18-36(50)44(42)56-28-40(52)54-16-2)58-34-25-31(47(9,10)11)22-32(26-34)48(12,13)14/h17-26,57-58H,15-16,27-28H2,1-14H3. The molecule has 4 aromatic carbocycles. The van der Waals surface area contributed by atoms with Crippen LogP contribution in [0.15, 0.2) is 60.7 Å². The molecule has 0 aliphatic heterocycles. The highest BCUT2D eigenvalue weighted by atomic mass is 35.5. The molecule has 0 saturated carbocycles. The fourth-order valence-corrected chi connectivity index (χ4v) is 9.23. The Labute approximate surface area is 361 Å². The lowest BCUT2D eigenvalue weighted by Crippen LogP contribution is -2.22. The molecule has 10 heteroatoms. The summed E-state index contributed by atoms with van der Waals surface area (Å²) in [5, 5.41) is 4.68. The number of ether oxygens (including phenoxy) is 4. The third kappa shape index (κ3) is 12.4. The van der Waals surface area contributed by atoms with Crippen LogP contribution >= 0.6 is 40.4 Å². The van der Waals surface area contributed by atoms with Crippen LogP contribution in [0.4, 0.5) is 0 Å². The normalized spacial score (nSPS) is 12.8. The Kier molecular flexibility index (Phi) is 15.6. The van der Waals surface area contributed by atoms with Crippen LogP contribution in [0.1, 0.15) is 119 Å². The number of carbonyl (C=O) groups is 2. The van der Waals surface area contributed by atoms with Crippen LogP contribution in [0.5, 0.6) is 11.5 Å². The first-order valence-electron chi connectivity index (χ1n) is 19.9. The first-order valence-corrected chi connectivity index (χ1v) is 22.7. The number of hydrogen-bond acceptors (Lipinski definition) is 6. The minimum absolute atomic E-state index is 0.0971. The average molecular weight is 868 g/mol. The van der Waals surface area contributed by atoms with Crippen LogP contribution in [0, 0.1) is 0 Å². The zero-order chi connectivity index (χ0) is 43.4. The summed E-state index contributed by atoms with van der Waals surface area (Å²) < 4.78 is 23.3. The van der Waals surface area contributed by atoms with E-state index in [1.165, 1.54) is 22.3 Å². The molecule has 0 aromatic heterocycles. The Bertz CT molecular complexity index is 1900. The van der Waals surface area contributed by atoms with Gasteiger partial charge in [-0.2, -0.15) is 0 Å². The van der Waals surface area contributed by atoms with E-state index in [4.69, 9.17) is 42.1 Å². The van der Waals surface area contributed by atoms with E-state index in [9.17, 15) is 9.59 Å². The molecular weight excluding hydrogens is 805 g/mol. The first kappa shape index (κ1) is 47.5. The van der Waals surface area contributed by atoms with Gasteiger partial charge in [0.1, 0.15) is 11.5 Å². The highest BCUT2D eigenvalue weighted by molar-refractivity contribution is 7.56. The Morgan fingerprint density at radius 3 is 1.05 bits per heavy atom. The van der Waals surface area contributed by atoms with Gasteiger partial charge in [-0.25, -0.2) is 9.59 Å². The van der Waals surface area contributed by atoms with E-state index in [1.54, 1.807) is 26.0 Å². The number of halogens is 2. The third-order valence-electron chi connectivity index (χ3n) is 9.64. The number of esters is 2. The molecule has 2 unspecified atom stereocenters. The Morgan fingerprint density at radius 2 is 0.793 bits per heavy atom. The molecule has 0 saturated heterocycles. The van der Waals surface area contributed by atoms with Crippen molar-refractivity contribution in [3.63, 3.8) is 0 Å². The van der Waals surface area contributed by atoms with Gasteiger partial charge in [-0.05, 0) is 91.1 Å². The number of benzene rings is 4. The molecule has 4 aromatic rings. The summed E-state index contributed by atoms with van der Waals surface area (Å²) in [6.45, 7) is 29.9. The van der Waals surface area contributed by atoms with Gasteiger partial charge in [0.25, 0.3) is 0 Å². The van der Waals surface area contributed by atoms with Crippen molar-refractivity contribution in [3.05, 3.63) is 93.0 Å². The van der Waals surface area contributed by atoms with E-state index in [1.807, 2.05) is 12.1 Å². The molecule has 0 bridgehead atoms. The lowest BCUT2D eigenvalue weighted by atomic mass is 9.81. The molecular formula is C48H62Cl2O6P2. The molecule has 0 amide bonds. The predicted octanol–water partition coefficient (Wildman–Crippen LogP) is 11.0. The molecule has 0 aliphatic rings. The monoisotopic (exact) mass is 866 g/mol. The van der Waals surface area contributed by atoms with E-state index in [-0.39, 0.29) is 65.2 Å². The molecule has 2 atom stereocenters. The largest absolute Gasteiger partial charge is 0.480 e. The van der Waals surface area contributed by atoms with Gasteiger partial charge in [0, 0.05) is 11.1 Å². The van der Waals surface area contributed by atoms with E-state index in [0.29, 0.717) is 32.7 Å². The smallest absolute Gasteiger partial charge is 0.344 e. The second kappa shape index (κ2) is 19.1. The van der Waals surface area contributed by atoms with Crippen LogP contribution in [0.2, 0.25) is 10.0 Å². The minimum Gasteiger partial charge on any atom is -0.480 e. The van der Waals surface area contributed by atoms with Crippen molar-refractivity contribution in [1.82, 2.24) is 0 Å². The topological polar surface area (TPSA) is 71.1 Å². The molecule has 0 fully saturated rings. The zero-order valence-electron chi connectivity index (χ0n) is 36.8. The maximum Gasteiger partial charge on any atom is 0.344 e. The molecule has 0 aliphatic carbocycles. The summed E-state index contributed by atoms with van der Waals surface area (Å²) in [6.07, 6.45) is 0. The number of hydrogen-bond donors (Lipinski definition) is 0. The van der Waals surface area contributed by atoms with Crippen molar-refractivity contribution in [2.75, 3.05) is 26.4 Å². The van der Waals surface area contributed by atoms with Gasteiger partial charge in [-0.15, -0.1) is 0 Å². The molecule has 6 nitrogen and oxygen atoms in total. The van der Waals surface area contributed by atoms with Crippen LogP contribution in [0.3, 0.4) is 0 Å².